The number of benzene rings is 2. The molecule has 0 atom stereocenters. The van der Waals surface area contributed by atoms with E-state index in [0.717, 1.165) is 32.6 Å². The van der Waals surface area contributed by atoms with Gasteiger partial charge in [0.05, 0.1) is 32.5 Å². The van der Waals surface area contributed by atoms with Gasteiger partial charge >= 0.3 is 5.56 Å². The molecule has 0 radical (unpaired) electrons. The maximum absolute atomic E-state index is 13.8. The van der Waals surface area contributed by atoms with E-state index in [1.165, 1.54) is 11.3 Å². The minimum Gasteiger partial charge on any atom is -0.324 e. The first-order valence-electron chi connectivity index (χ1n) is 8.45. The van der Waals surface area contributed by atoms with E-state index in [-0.39, 0.29) is 23.1 Å². The topological polar surface area (TPSA) is 59.8 Å². The van der Waals surface area contributed by atoms with Gasteiger partial charge in [-0.25, -0.2) is 18.2 Å². The molecule has 0 aliphatic heterocycles. The van der Waals surface area contributed by atoms with Crippen LogP contribution in [0.15, 0.2) is 35.3 Å². The largest absolute Gasteiger partial charge is 0.324 e. The molecule has 11 heteroatoms. The van der Waals surface area contributed by atoms with Gasteiger partial charge in [0, 0.05) is 6.20 Å². The molecule has 2 aromatic heterocycles. The van der Waals surface area contributed by atoms with Crippen molar-refractivity contribution in [3.63, 3.8) is 0 Å². The lowest BCUT2D eigenvalue weighted by atomic mass is 10.2. The predicted octanol–water partition coefficient (Wildman–Crippen LogP) is 5.16. The number of halogens is 5. The highest BCUT2D eigenvalue weighted by molar-refractivity contribution is 7.18. The fourth-order valence-corrected chi connectivity index (χ4v) is 3.92. The Morgan fingerprint density at radius 1 is 1.07 bits per heavy atom. The SMILES string of the molecule is Cc1nc2cc(Cl)c(Nc3nc(=O)c(F)cn3Cc3cc(F)c(F)c(F)c3)cc2s1. The van der Waals surface area contributed by atoms with E-state index in [2.05, 4.69) is 15.3 Å². The van der Waals surface area contributed by atoms with E-state index < -0.39 is 28.8 Å². The van der Waals surface area contributed by atoms with Crippen LogP contribution in [0.1, 0.15) is 10.6 Å². The first-order valence-corrected chi connectivity index (χ1v) is 9.65. The number of anilines is 2. The molecule has 0 bridgehead atoms. The second-order valence-electron chi connectivity index (χ2n) is 6.38. The van der Waals surface area contributed by atoms with Crippen molar-refractivity contribution in [2.45, 2.75) is 13.5 Å². The van der Waals surface area contributed by atoms with E-state index in [1.807, 2.05) is 6.92 Å². The lowest BCUT2D eigenvalue weighted by molar-refractivity contribution is 0.444. The smallest absolute Gasteiger partial charge is 0.310 e. The van der Waals surface area contributed by atoms with Crippen LogP contribution < -0.4 is 10.9 Å². The number of thiazole rings is 1. The molecule has 154 valence electrons. The molecule has 30 heavy (non-hydrogen) atoms. The molecule has 0 unspecified atom stereocenters. The monoisotopic (exact) mass is 454 g/mol. The van der Waals surface area contributed by atoms with Gasteiger partial charge < -0.3 is 9.88 Å². The van der Waals surface area contributed by atoms with Crippen molar-refractivity contribution in [3.8, 4) is 0 Å². The summed E-state index contributed by atoms with van der Waals surface area (Å²) >= 11 is 7.70. The maximum atomic E-state index is 13.8. The molecule has 1 N–H and O–H groups in total. The van der Waals surface area contributed by atoms with Crippen molar-refractivity contribution >= 4 is 44.8 Å². The van der Waals surface area contributed by atoms with E-state index in [1.54, 1.807) is 12.1 Å². The van der Waals surface area contributed by atoms with Crippen molar-refractivity contribution in [3.05, 3.63) is 79.7 Å². The molecule has 0 saturated heterocycles. The molecule has 0 aliphatic rings. The van der Waals surface area contributed by atoms with E-state index in [0.29, 0.717) is 11.2 Å². The summed E-state index contributed by atoms with van der Waals surface area (Å²) < 4.78 is 56.1. The fraction of sp³-hybridized carbons (Fsp3) is 0.105. The van der Waals surface area contributed by atoms with Crippen LogP contribution in [-0.4, -0.2) is 14.5 Å². The molecule has 2 heterocycles. The summed E-state index contributed by atoms with van der Waals surface area (Å²) in [6, 6.07) is 4.87. The fourth-order valence-electron chi connectivity index (χ4n) is 2.86. The Kier molecular flexibility index (Phi) is 5.20. The van der Waals surface area contributed by atoms with Crippen LogP contribution in [-0.2, 0) is 6.54 Å². The summed E-state index contributed by atoms with van der Waals surface area (Å²) in [4.78, 5) is 19.7. The summed E-state index contributed by atoms with van der Waals surface area (Å²) in [6.07, 6.45) is 0.833. The first kappa shape index (κ1) is 20.3. The highest BCUT2D eigenvalue weighted by Gasteiger charge is 2.15. The van der Waals surface area contributed by atoms with Crippen LogP contribution in [0.25, 0.3) is 10.2 Å². The molecular formula is C19H11ClF4N4OS. The first-order chi connectivity index (χ1) is 14.2. The van der Waals surface area contributed by atoms with Gasteiger partial charge in [-0.1, -0.05) is 11.6 Å². The van der Waals surface area contributed by atoms with Gasteiger partial charge in [-0.3, -0.25) is 4.79 Å². The van der Waals surface area contributed by atoms with Gasteiger partial charge in [-0.05, 0) is 36.8 Å². The molecule has 2 aromatic carbocycles. The lowest BCUT2D eigenvalue weighted by Crippen LogP contribution is -2.20. The van der Waals surface area contributed by atoms with E-state index in [4.69, 9.17) is 11.6 Å². The molecule has 4 rings (SSSR count). The van der Waals surface area contributed by atoms with Crippen molar-refractivity contribution < 1.29 is 17.6 Å². The van der Waals surface area contributed by atoms with Gasteiger partial charge in [0.1, 0.15) is 0 Å². The van der Waals surface area contributed by atoms with Crippen LogP contribution in [0.3, 0.4) is 0 Å². The molecule has 0 aliphatic carbocycles. The third-order valence-electron chi connectivity index (χ3n) is 4.18. The van der Waals surface area contributed by atoms with Gasteiger partial charge in [-0.15, -0.1) is 11.3 Å². The number of aryl methyl sites for hydroxylation is 1. The average Bonchev–Trinajstić information content (AvgIpc) is 3.02. The Bertz CT molecular complexity index is 1330. The Labute approximate surface area is 175 Å². The third kappa shape index (κ3) is 3.88. The summed E-state index contributed by atoms with van der Waals surface area (Å²) in [7, 11) is 0. The number of aromatic nitrogens is 3. The maximum Gasteiger partial charge on any atom is 0.310 e. The summed E-state index contributed by atoms with van der Waals surface area (Å²) in [5.41, 5.74) is -0.0682. The van der Waals surface area contributed by atoms with Crippen LogP contribution >= 0.6 is 22.9 Å². The highest BCUT2D eigenvalue weighted by Crippen LogP contribution is 2.32. The summed E-state index contributed by atoms with van der Waals surface area (Å²) in [6.45, 7) is 1.55. The zero-order valence-electron chi connectivity index (χ0n) is 15.1. The number of fused-ring (bicyclic) bond motifs is 1. The quantitative estimate of drug-likeness (QED) is 0.342. The van der Waals surface area contributed by atoms with E-state index >= 15 is 0 Å². The average molecular weight is 455 g/mol. The minimum atomic E-state index is -1.61. The van der Waals surface area contributed by atoms with Gasteiger partial charge in [0.2, 0.25) is 11.8 Å². The minimum absolute atomic E-state index is 0.000991. The zero-order valence-corrected chi connectivity index (χ0v) is 16.7. The Hall–Kier alpha value is -2.98. The van der Waals surface area contributed by atoms with Crippen molar-refractivity contribution in [2.24, 2.45) is 0 Å². The molecule has 4 aromatic rings. The van der Waals surface area contributed by atoms with Crippen LogP contribution in [0.5, 0.6) is 0 Å². The summed E-state index contributed by atoms with van der Waals surface area (Å²) in [5.74, 6) is -5.66. The highest BCUT2D eigenvalue weighted by atomic mass is 35.5. The van der Waals surface area contributed by atoms with Crippen molar-refractivity contribution in [2.75, 3.05) is 5.32 Å². The van der Waals surface area contributed by atoms with Crippen molar-refractivity contribution in [1.82, 2.24) is 14.5 Å². The molecule has 0 saturated carbocycles. The number of rotatable bonds is 4. The van der Waals surface area contributed by atoms with Crippen LogP contribution in [0.2, 0.25) is 5.02 Å². The predicted molar refractivity (Wildman–Crippen MR) is 107 cm³/mol. The third-order valence-corrected chi connectivity index (χ3v) is 5.43. The Morgan fingerprint density at radius 2 is 1.77 bits per heavy atom. The van der Waals surface area contributed by atoms with Gasteiger partial charge in [0.25, 0.3) is 0 Å². The Morgan fingerprint density at radius 3 is 2.47 bits per heavy atom. The van der Waals surface area contributed by atoms with Crippen LogP contribution in [0, 0.1) is 30.2 Å². The number of nitrogens with zero attached hydrogens (tertiary/aromatic N) is 3. The summed E-state index contributed by atoms with van der Waals surface area (Å²) in [5, 5.41) is 3.95. The van der Waals surface area contributed by atoms with Gasteiger partial charge in [-0.2, -0.15) is 9.37 Å². The molecule has 5 nitrogen and oxygen atoms in total. The molecule has 0 amide bonds. The molecule has 0 spiro atoms. The molecular weight excluding hydrogens is 444 g/mol. The second kappa shape index (κ2) is 7.69. The van der Waals surface area contributed by atoms with Gasteiger partial charge in [0.15, 0.2) is 17.5 Å². The number of hydrogen-bond acceptors (Lipinski definition) is 5. The normalized spacial score (nSPS) is 11.3. The second-order valence-corrected chi connectivity index (χ2v) is 8.02. The standard InChI is InChI=1S/C19H11ClF4N4OS/c1-8-25-15-4-10(20)14(5-16(15)30-8)26-19-27-18(29)13(23)7-28(19)6-9-2-11(21)17(24)12(22)3-9/h2-5,7H,6H2,1H3,(H,26,27,29). The van der Waals surface area contributed by atoms with Crippen molar-refractivity contribution in [1.29, 1.82) is 0 Å². The van der Waals surface area contributed by atoms with E-state index in [9.17, 15) is 22.4 Å². The Balaban J connectivity index is 1.76. The number of nitrogens with one attached hydrogen (secondary N) is 1. The van der Waals surface area contributed by atoms with Crippen LogP contribution in [0.4, 0.5) is 29.2 Å². The number of hydrogen-bond donors (Lipinski definition) is 1. The lowest BCUT2D eigenvalue weighted by Gasteiger charge is -2.15. The molecule has 0 fully saturated rings. The zero-order chi connectivity index (χ0) is 21.6.